The van der Waals surface area contributed by atoms with Crippen molar-refractivity contribution in [1.82, 2.24) is 25.5 Å². The lowest BCUT2D eigenvalue weighted by Gasteiger charge is -2.26. The molecule has 0 fully saturated rings. The van der Waals surface area contributed by atoms with E-state index in [1.165, 1.54) is 28.1 Å². The largest absolute Gasteiger partial charge is 0.348 e. The van der Waals surface area contributed by atoms with E-state index < -0.39 is 0 Å². The third kappa shape index (κ3) is 3.46. The van der Waals surface area contributed by atoms with E-state index in [-0.39, 0.29) is 24.3 Å². The molecule has 1 aromatic heterocycles. The number of nitrogens with zero attached hydrogens (tertiary/aromatic N) is 4. The van der Waals surface area contributed by atoms with Crippen LogP contribution in [0.4, 0.5) is 4.39 Å². The van der Waals surface area contributed by atoms with Crippen molar-refractivity contribution < 1.29 is 9.18 Å². The molecule has 3 aromatic rings. The number of amides is 1. The summed E-state index contributed by atoms with van der Waals surface area (Å²) in [5.41, 5.74) is 3.13. The van der Waals surface area contributed by atoms with Gasteiger partial charge in [-0.05, 0) is 59.9 Å². The zero-order valence-corrected chi connectivity index (χ0v) is 14.1. The first-order valence-corrected chi connectivity index (χ1v) is 8.60. The number of hydrogen-bond acceptors (Lipinski definition) is 4. The molecule has 1 aliphatic carbocycles. The van der Waals surface area contributed by atoms with Gasteiger partial charge in [0.25, 0.3) is 0 Å². The lowest BCUT2D eigenvalue weighted by molar-refractivity contribution is -0.122. The monoisotopic (exact) mass is 351 g/mol. The van der Waals surface area contributed by atoms with Gasteiger partial charge in [-0.1, -0.05) is 24.3 Å². The molecular formula is C19H18FN5O. The molecule has 0 spiro atoms. The number of halogens is 1. The molecule has 26 heavy (non-hydrogen) atoms. The first-order chi connectivity index (χ1) is 12.7. The molecule has 132 valence electrons. The summed E-state index contributed by atoms with van der Waals surface area (Å²) < 4.78 is 13.0. The molecule has 1 N–H and O–H groups in total. The van der Waals surface area contributed by atoms with Crippen molar-refractivity contribution in [2.45, 2.75) is 31.8 Å². The van der Waals surface area contributed by atoms with Crippen molar-refractivity contribution in [3.05, 3.63) is 65.5 Å². The van der Waals surface area contributed by atoms with Crippen LogP contribution in [0.25, 0.3) is 11.4 Å². The SMILES string of the molecule is O=C(Cn1nnc(-c2ccc(F)cc2)n1)N[C@@H]1CCCc2ccccc21. The summed E-state index contributed by atoms with van der Waals surface area (Å²) in [6.07, 6.45) is 3.03. The highest BCUT2D eigenvalue weighted by Gasteiger charge is 2.21. The van der Waals surface area contributed by atoms with Crippen molar-refractivity contribution in [3.8, 4) is 11.4 Å². The zero-order chi connectivity index (χ0) is 17.9. The molecule has 0 bridgehead atoms. The maximum absolute atomic E-state index is 13.0. The minimum Gasteiger partial charge on any atom is -0.348 e. The van der Waals surface area contributed by atoms with Gasteiger partial charge in [0.15, 0.2) is 0 Å². The van der Waals surface area contributed by atoms with Crippen LogP contribution in [0, 0.1) is 5.82 Å². The van der Waals surface area contributed by atoms with Gasteiger partial charge in [0, 0.05) is 5.56 Å². The highest BCUT2D eigenvalue weighted by Crippen LogP contribution is 2.29. The van der Waals surface area contributed by atoms with Crippen LogP contribution in [0.2, 0.25) is 0 Å². The molecule has 0 saturated heterocycles. The fourth-order valence-corrected chi connectivity index (χ4v) is 3.30. The van der Waals surface area contributed by atoms with Crippen LogP contribution in [0.1, 0.15) is 30.0 Å². The molecule has 1 aliphatic rings. The second-order valence-corrected chi connectivity index (χ2v) is 6.36. The Hall–Kier alpha value is -3.09. The van der Waals surface area contributed by atoms with Crippen molar-refractivity contribution in [2.24, 2.45) is 0 Å². The van der Waals surface area contributed by atoms with E-state index in [1.54, 1.807) is 12.1 Å². The Bertz CT molecular complexity index is 922. The molecule has 6 nitrogen and oxygen atoms in total. The van der Waals surface area contributed by atoms with Crippen molar-refractivity contribution >= 4 is 5.91 Å². The van der Waals surface area contributed by atoms with Gasteiger partial charge in [0.1, 0.15) is 12.4 Å². The van der Waals surface area contributed by atoms with E-state index >= 15 is 0 Å². The fraction of sp³-hybridized carbons (Fsp3) is 0.263. The Morgan fingerprint density at radius 2 is 2.00 bits per heavy atom. The summed E-state index contributed by atoms with van der Waals surface area (Å²) in [6.45, 7) is -0.00708. The molecule has 0 saturated carbocycles. The van der Waals surface area contributed by atoms with Crippen molar-refractivity contribution in [1.29, 1.82) is 0 Å². The Balaban J connectivity index is 1.42. The number of benzene rings is 2. The third-order valence-electron chi connectivity index (χ3n) is 4.54. The predicted molar refractivity (Wildman–Crippen MR) is 93.5 cm³/mol. The summed E-state index contributed by atoms with van der Waals surface area (Å²) in [6, 6.07) is 14.1. The number of aryl methyl sites for hydroxylation is 1. The highest BCUT2D eigenvalue weighted by molar-refractivity contribution is 5.76. The Morgan fingerprint density at radius 3 is 2.85 bits per heavy atom. The number of tetrazole rings is 1. The normalized spacial score (nSPS) is 16.1. The van der Waals surface area contributed by atoms with E-state index in [1.807, 2.05) is 12.1 Å². The number of hydrogen-bond donors (Lipinski definition) is 1. The number of aromatic nitrogens is 4. The Kier molecular flexibility index (Phi) is 4.43. The average molecular weight is 351 g/mol. The fourth-order valence-electron chi connectivity index (χ4n) is 3.30. The van der Waals surface area contributed by atoms with E-state index in [0.29, 0.717) is 11.4 Å². The summed E-state index contributed by atoms with van der Waals surface area (Å²) in [5, 5.41) is 15.1. The number of nitrogens with one attached hydrogen (secondary N) is 1. The van der Waals surface area contributed by atoms with Crippen LogP contribution in [0.5, 0.6) is 0 Å². The minimum absolute atomic E-state index is 0.00708. The van der Waals surface area contributed by atoms with Crippen molar-refractivity contribution in [3.63, 3.8) is 0 Å². The van der Waals surface area contributed by atoms with E-state index in [2.05, 4.69) is 32.9 Å². The highest BCUT2D eigenvalue weighted by atomic mass is 19.1. The molecule has 1 heterocycles. The number of carbonyl (C=O) groups excluding carboxylic acids is 1. The van der Waals surface area contributed by atoms with E-state index in [4.69, 9.17) is 0 Å². The van der Waals surface area contributed by atoms with Crippen LogP contribution in [-0.4, -0.2) is 26.1 Å². The summed E-state index contributed by atoms with van der Waals surface area (Å²) in [7, 11) is 0. The average Bonchev–Trinajstić information content (AvgIpc) is 3.11. The molecule has 1 atom stereocenters. The van der Waals surface area contributed by atoms with Crippen LogP contribution in [0.3, 0.4) is 0 Å². The number of carbonyl (C=O) groups is 1. The maximum Gasteiger partial charge on any atom is 0.244 e. The van der Waals surface area contributed by atoms with Gasteiger partial charge in [0.05, 0.1) is 6.04 Å². The van der Waals surface area contributed by atoms with Gasteiger partial charge >= 0.3 is 0 Å². The summed E-state index contributed by atoms with van der Waals surface area (Å²) in [5.74, 6) is -0.121. The zero-order valence-electron chi connectivity index (χ0n) is 14.1. The van der Waals surface area contributed by atoms with Crippen LogP contribution in [0.15, 0.2) is 48.5 Å². The molecule has 0 aliphatic heterocycles. The van der Waals surface area contributed by atoms with Crippen LogP contribution in [-0.2, 0) is 17.8 Å². The van der Waals surface area contributed by atoms with Crippen LogP contribution >= 0.6 is 0 Å². The Labute approximate surface area is 150 Å². The predicted octanol–water partition coefficient (Wildman–Crippen LogP) is 2.67. The summed E-state index contributed by atoms with van der Waals surface area (Å²) in [4.78, 5) is 13.6. The first-order valence-electron chi connectivity index (χ1n) is 8.60. The van der Waals surface area contributed by atoms with Crippen molar-refractivity contribution in [2.75, 3.05) is 0 Å². The molecule has 0 radical (unpaired) electrons. The van der Waals surface area contributed by atoms with E-state index in [9.17, 15) is 9.18 Å². The van der Waals surface area contributed by atoms with Gasteiger partial charge in [-0.15, -0.1) is 10.2 Å². The molecule has 7 heteroatoms. The molecule has 4 rings (SSSR count). The van der Waals surface area contributed by atoms with Gasteiger partial charge in [-0.2, -0.15) is 4.80 Å². The number of rotatable bonds is 4. The van der Waals surface area contributed by atoms with Gasteiger partial charge in [0.2, 0.25) is 11.7 Å². The smallest absolute Gasteiger partial charge is 0.244 e. The molecule has 2 aromatic carbocycles. The van der Waals surface area contributed by atoms with Gasteiger partial charge in [-0.25, -0.2) is 4.39 Å². The Morgan fingerprint density at radius 1 is 1.19 bits per heavy atom. The standard InChI is InChI=1S/C19H18FN5O/c20-15-10-8-14(9-11-15)19-22-24-25(23-19)12-18(26)21-17-7-3-5-13-4-1-2-6-16(13)17/h1-2,4,6,8-11,17H,3,5,7,12H2,(H,21,26)/t17-/m1/s1. The third-order valence-corrected chi connectivity index (χ3v) is 4.54. The first kappa shape index (κ1) is 16.4. The second kappa shape index (κ2) is 7.03. The minimum atomic E-state index is -0.326. The van der Waals surface area contributed by atoms with E-state index in [0.717, 1.165) is 19.3 Å². The maximum atomic E-state index is 13.0. The van der Waals surface area contributed by atoms with Gasteiger partial charge in [-0.3, -0.25) is 4.79 Å². The molecule has 0 unspecified atom stereocenters. The number of fused-ring (bicyclic) bond motifs is 1. The topological polar surface area (TPSA) is 72.7 Å². The van der Waals surface area contributed by atoms with Crippen LogP contribution < -0.4 is 5.32 Å². The lowest BCUT2D eigenvalue weighted by Crippen LogP contribution is -2.34. The molecular weight excluding hydrogens is 333 g/mol. The molecule has 1 amide bonds. The second-order valence-electron chi connectivity index (χ2n) is 6.36. The van der Waals surface area contributed by atoms with Gasteiger partial charge < -0.3 is 5.32 Å². The quantitative estimate of drug-likeness (QED) is 0.784. The lowest BCUT2D eigenvalue weighted by atomic mass is 9.88. The summed E-state index contributed by atoms with van der Waals surface area (Å²) >= 11 is 0.